The summed E-state index contributed by atoms with van der Waals surface area (Å²) in [7, 11) is 0. The van der Waals surface area contributed by atoms with Gasteiger partial charge >= 0.3 is 0 Å². The van der Waals surface area contributed by atoms with Crippen LogP contribution in [0.4, 0.5) is 4.39 Å². The third-order valence-electron chi connectivity index (χ3n) is 4.35. The zero-order valence-corrected chi connectivity index (χ0v) is 11.5. The maximum absolute atomic E-state index is 14.7. The number of aromatic amines is 1. The van der Waals surface area contributed by atoms with Crippen LogP contribution in [-0.2, 0) is 10.2 Å². The molecular weight excluding hydrogens is 285 g/mol. The molecule has 6 nitrogen and oxygen atoms in total. The van der Waals surface area contributed by atoms with E-state index in [1.807, 2.05) is 6.07 Å². The van der Waals surface area contributed by atoms with E-state index in [0.717, 1.165) is 5.56 Å². The molecule has 1 saturated carbocycles. The topological polar surface area (TPSA) is 97.6 Å². The molecule has 3 heterocycles. The van der Waals surface area contributed by atoms with Gasteiger partial charge in [0.25, 0.3) is 0 Å². The number of amides is 1. The lowest BCUT2D eigenvalue weighted by Gasteiger charge is -2.14. The van der Waals surface area contributed by atoms with Gasteiger partial charge < -0.3 is 5.73 Å². The van der Waals surface area contributed by atoms with E-state index in [4.69, 9.17) is 5.73 Å². The monoisotopic (exact) mass is 297 g/mol. The minimum atomic E-state index is -1.11. The Morgan fingerprint density at radius 1 is 1.41 bits per heavy atom. The summed E-state index contributed by atoms with van der Waals surface area (Å²) in [5.74, 6) is -1.32. The number of carbonyl (C=O) groups excluding carboxylic acids is 1. The largest absolute Gasteiger partial charge is 0.369 e. The molecule has 3 N–H and O–H groups in total. The van der Waals surface area contributed by atoms with Crippen LogP contribution in [0.1, 0.15) is 23.6 Å². The highest BCUT2D eigenvalue weighted by molar-refractivity contribution is 5.93. The summed E-state index contributed by atoms with van der Waals surface area (Å²) in [4.78, 5) is 20.3. The molecule has 1 aliphatic carbocycles. The van der Waals surface area contributed by atoms with E-state index >= 15 is 0 Å². The van der Waals surface area contributed by atoms with E-state index in [2.05, 4.69) is 20.2 Å². The number of rotatable bonds is 3. The normalized spacial score (nSPS) is 23.6. The van der Waals surface area contributed by atoms with Crippen molar-refractivity contribution in [2.75, 3.05) is 0 Å². The second kappa shape index (κ2) is 4.33. The van der Waals surface area contributed by atoms with Crippen molar-refractivity contribution in [3.8, 4) is 0 Å². The second-order valence-electron chi connectivity index (χ2n) is 5.50. The van der Waals surface area contributed by atoms with E-state index in [-0.39, 0.29) is 11.6 Å². The number of fused-ring (bicyclic) bond motifs is 1. The predicted octanol–water partition coefficient (Wildman–Crippen LogP) is 1.40. The molecule has 2 unspecified atom stereocenters. The first-order chi connectivity index (χ1) is 10.6. The minimum Gasteiger partial charge on any atom is -0.369 e. The average molecular weight is 297 g/mol. The summed E-state index contributed by atoms with van der Waals surface area (Å²) in [6, 6.07) is 3.64. The molecule has 0 aliphatic heterocycles. The van der Waals surface area contributed by atoms with Crippen molar-refractivity contribution in [1.82, 2.24) is 20.2 Å². The Kier molecular flexibility index (Phi) is 2.53. The first kappa shape index (κ1) is 12.9. The molecule has 0 bridgehead atoms. The van der Waals surface area contributed by atoms with Gasteiger partial charge in [0.05, 0.1) is 29.0 Å². The Morgan fingerprint density at radius 2 is 2.27 bits per heavy atom. The highest BCUT2D eigenvalue weighted by Gasteiger charge is 2.63. The maximum atomic E-state index is 14.7. The summed E-state index contributed by atoms with van der Waals surface area (Å²) in [5, 5.41) is 6.76. The number of carbonyl (C=O) groups is 1. The van der Waals surface area contributed by atoms with Gasteiger partial charge in [0.2, 0.25) is 5.91 Å². The molecule has 3 aromatic rings. The lowest BCUT2D eigenvalue weighted by atomic mass is 9.93. The number of primary amides is 1. The lowest BCUT2D eigenvalue weighted by molar-refractivity contribution is -0.120. The third kappa shape index (κ3) is 1.59. The van der Waals surface area contributed by atoms with Crippen molar-refractivity contribution in [2.45, 2.75) is 17.8 Å². The van der Waals surface area contributed by atoms with Crippen LogP contribution in [-0.4, -0.2) is 26.1 Å². The predicted molar refractivity (Wildman–Crippen MR) is 76.3 cm³/mol. The highest BCUT2D eigenvalue weighted by atomic mass is 19.1. The molecule has 0 radical (unpaired) electrons. The molecule has 3 aromatic heterocycles. The number of halogens is 1. The molecule has 4 rings (SSSR count). The fraction of sp³-hybridized carbons (Fsp3) is 0.200. The van der Waals surface area contributed by atoms with Crippen molar-refractivity contribution in [3.05, 3.63) is 54.0 Å². The van der Waals surface area contributed by atoms with Crippen molar-refractivity contribution in [1.29, 1.82) is 0 Å². The van der Waals surface area contributed by atoms with Crippen molar-refractivity contribution in [3.63, 3.8) is 0 Å². The number of hydrogen-bond donors (Lipinski definition) is 2. The quantitative estimate of drug-likeness (QED) is 0.763. The molecule has 22 heavy (non-hydrogen) atoms. The molecule has 0 saturated heterocycles. The zero-order valence-electron chi connectivity index (χ0n) is 11.5. The number of hydrogen-bond acceptors (Lipinski definition) is 4. The first-order valence-electron chi connectivity index (χ1n) is 6.82. The first-order valence-corrected chi connectivity index (χ1v) is 6.82. The summed E-state index contributed by atoms with van der Waals surface area (Å²) >= 11 is 0. The lowest BCUT2D eigenvalue weighted by Crippen LogP contribution is -2.32. The molecule has 2 atom stereocenters. The van der Waals surface area contributed by atoms with Crippen LogP contribution in [0.3, 0.4) is 0 Å². The van der Waals surface area contributed by atoms with E-state index < -0.39 is 17.1 Å². The van der Waals surface area contributed by atoms with Crippen LogP contribution < -0.4 is 5.73 Å². The highest BCUT2D eigenvalue weighted by Crippen LogP contribution is 2.60. The summed E-state index contributed by atoms with van der Waals surface area (Å²) in [6.07, 6.45) is 6.61. The van der Waals surface area contributed by atoms with Gasteiger partial charge in [-0.2, -0.15) is 5.10 Å². The average Bonchev–Trinajstić information content (AvgIpc) is 3.10. The maximum Gasteiger partial charge on any atom is 0.230 e. The standard InChI is InChI=1S/C15H12FN5O/c16-12-9-6-20-21-11(9)7-19-13(12)15(14(17)22)4-10(15)8-2-1-3-18-5-8/h1-3,5-7,10H,4H2,(H2,17,22)(H,20,21). The van der Waals surface area contributed by atoms with Gasteiger partial charge in [-0.05, 0) is 18.1 Å². The van der Waals surface area contributed by atoms with E-state index in [0.29, 0.717) is 17.3 Å². The number of pyridine rings is 2. The van der Waals surface area contributed by atoms with E-state index in [1.165, 1.54) is 12.4 Å². The van der Waals surface area contributed by atoms with Gasteiger partial charge in [0.15, 0.2) is 5.82 Å². The molecule has 0 aromatic carbocycles. The van der Waals surface area contributed by atoms with Gasteiger partial charge in [-0.15, -0.1) is 0 Å². The van der Waals surface area contributed by atoms with Gasteiger partial charge in [0.1, 0.15) is 5.41 Å². The summed E-state index contributed by atoms with van der Waals surface area (Å²) in [6.45, 7) is 0. The van der Waals surface area contributed by atoms with Gasteiger partial charge in [-0.3, -0.25) is 19.9 Å². The minimum absolute atomic E-state index is 0.0859. The van der Waals surface area contributed by atoms with Crippen LogP contribution >= 0.6 is 0 Å². The Morgan fingerprint density at radius 3 is 3.00 bits per heavy atom. The van der Waals surface area contributed by atoms with Crippen LogP contribution in [0.25, 0.3) is 10.9 Å². The second-order valence-corrected chi connectivity index (χ2v) is 5.50. The van der Waals surface area contributed by atoms with Gasteiger partial charge in [0, 0.05) is 18.3 Å². The third-order valence-corrected chi connectivity index (χ3v) is 4.35. The fourth-order valence-electron chi connectivity index (χ4n) is 3.09. The van der Waals surface area contributed by atoms with Crippen LogP contribution in [0.5, 0.6) is 0 Å². The molecule has 1 aliphatic rings. The van der Waals surface area contributed by atoms with E-state index in [1.54, 1.807) is 18.5 Å². The zero-order chi connectivity index (χ0) is 15.3. The fourth-order valence-corrected chi connectivity index (χ4v) is 3.09. The number of nitrogens with one attached hydrogen (secondary N) is 1. The SMILES string of the molecule is NC(=O)C1(c2ncc3[nH]ncc3c2F)CC1c1cccnc1. The van der Waals surface area contributed by atoms with Crippen molar-refractivity contribution < 1.29 is 9.18 Å². The molecule has 1 amide bonds. The van der Waals surface area contributed by atoms with Crippen LogP contribution in [0, 0.1) is 5.82 Å². The van der Waals surface area contributed by atoms with Gasteiger partial charge in [-0.25, -0.2) is 4.39 Å². The van der Waals surface area contributed by atoms with Crippen molar-refractivity contribution in [2.24, 2.45) is 5.73 Å². The molecule has 0 spiro atoms. The Bertz CT molecular complexity index is 878. The molecule has 110 valence electrons. The van der Waals surface area contributed by atoms with Crippen molar-refractivity contribution >= 4 is 16.8 Å². The smallest absolute Gasteiger partial charge is 0.230 e. The number of aromatic nitrogens is 4. The molecular formula is C15H12FN5O. The summed E-state index contributed by atoms with van der Waals surface area (Å²) in [5.41, 5.74) is 5.91. The number of nitrogens with two attached hydrogens (primary N) is 1. The molecule has 1 fully saturated rings. The Labute approximate surface area is 124 Å². The van der Waals surface area contributed by atoms with E-state index in [9.17, 15) is 9.18 Å². The number of nitrogens with zero attached hydrogens (tertiary/aromatic N) is 3. The van der Waals surface area contributed by atoms with Gasteiger partial charge in [-0.1, -0.05) is 6.07 Å². The number of H-pyrrole nitrogens is 1. The Hall–Kier alpha value is -2.83. The van der Waals surface area contributed by atoms with Crippen LogP contribution in [0.15, 0.2) is 36.9 Å². The summed E-state index contributed by atoms with van der Waals surface area (Å²) < 4.78 is 14.7. The van der Waals surface area contributed by atoms with Crippen LogP contribution in [0.2, 0.25) is 0 Å². The Balaban J connectivity index is 1.87. The molecule has 7 heteroatoms.